The van der Waals surface area contributed by atoms with E-state index in [0.29, 0.717) is 0 Å². The average molecular weight is 267 g/mol. The third-order valence-electron chi connectivity index (χ3n) is 2.97. The number of ether oxygens (including phenoxy) is 1. The lowest BCUT2D eigenvalue weighted by atomic mass is 10.0. The molecule has 0 fully saturated rings. The molecule has 2 aromatic carbocycles. The lowest BCUT2D eigenvalue weighted by Crippen LogP contribution is -1.83. The molecule has 0 saturated heterocycles. The molecule has 0 atom stereocenters. The summed E-state index contributed by atoms with van der Waals surface area (Å²) in [6.45, 7) is 0. The molecule has 3 aromatic rings. The zero-order valence-corrected chi connectivity index (χ0v) is 11.4. The molecule has 0 spiro atoms. The zero-order chi connectivity index (χ0) is 13.1. The lowest BCUT2D eigenvalue weighted by Gasteiger charge is -2.05. The summed E-state index contributed by atoms with van der Waals surface area (Å²) in [5, 5.41) is 3.05. The minimum atomic E-state index is 0.875. The molecule has 0 radical (unpaired) electrons. The second-order valence-electron chi connectivity index (χ2n) is 4.15. The van der Waals surface area contributed by atoms with Crippen LogP contribution in [0.4, 0.5) is 0 Å². The van der Waals surface area contributed by atoms with E-state index in [-0.39, 0.29) is 0 Å². The van der Waals surface area contributed by atoms with Gasteiger partial charge in [0.1, 0.15) is 10.8 Å². The molecule has 1 heterocycles. The Morgan fingerprint density at radius 1 is 0.947 bits per heavy atom. The average Bonchev–Trinajstić information content (AvgIpc) is 3.02. The first kappa shape index (κ1) is 11.9. The van der Waals surface area contributed by atoms with Gasteiger partial charge in [-0.15, -0.1) is 11.3 Å². The Kier molecular flexibility index (Phi) is 3.29. The Morgan fingerprint density at radius 3 is 2.42 bits per heavy atom. The largest absolute Gasteiger partial charge is 0.497 e. The van der Waals surface area contributed by atoms with Gasteiger partial charge in [-0.3, -0.25) is 0 Å². The minimum Gasteiger partial charge on any atom is -0.497 e. The summed E-state index contributed by atoms with van der Waals surface area (Å²) >= 11 is 1.65. The first-order valence-electron chi connectivity index (χ1n) is 6.01. The van der Waals surface area contributed by atoms with Gasteiger partial charge in [0.15, 0.2) is 0 Å². The van der Waals surface area contributed by atoms with Crippen molar-refractivity contribution in [3.63, 3.8) is 0 Å². The topological polar surface area (TPSA) is 22.1 Å². The smallest absolute Gasteiger partial charge is 0.123 e. The van der Waals surface area contributed by atoms with Gasteiger partial charge in [0, 0.05) is 17.1 Å². The molecular weight excluding hydrogens is 254 g/mol. The Labute approximate surface area is 116 Å². The van der Waals surface area contributed by atoms with Crippen molar-refractivity contribution >= 4 is 11.3 Å². The van der Waals surface area contributed by atoms with Crippen molar-refractivity contribution in [2.24, 2.45) is 0 Å². The standard InChI is InChI=1S/C16H13NOS/c1-18-15-7-5-12(6-8-15)13-3-2-4-14(11-13)16-17-9-10-19-16/h2-11H,1H3. The Hall–Kier alpha value is -2.13. The van der Waals surface area contributed by atoms with Crippen LogP contribution in [0.5, 0.6) is 5.75 Å². The molecule has 0 unspecified atom stereocenters. The highest BCUT2D eigenvalue weighted by Crippen LogP contribution is 2.28. The molecule has 0 saturated carbocycles. The quantitative estimate of drug-likeness (QED) is 0.697. The van der Waals surface area contributed by atoms with Gasteiger partial charge in [-0.05, 0) is 29.3 Å². The molecule has 19 heavy (non-hydrogen) atoms. The summed E-state index contributed by atoms with van der Waals surface area (Å²) in [6, 6.07) is 16.5. The van der Waals surface area contributed by atoms with Crippen LogP contribution < -0.4 is 4.74 Å². The molecule has 3 heteroatoms. The number of thiazole rings is 1. The molecule has 3 rings (SSSR count). The third kappa shape index (κ3) is 2.51. The van der Waals surface area contributed by atoms with E-state index in [1.165, 1.54) is 11.1 Å². The highest BCUT2D eigenvalue weighted by molar-refractivity contribution is 7.13. The fourth-order valence-corrected chi connectivity index (χ4v) is 2.62. The van der Waals surface area contributed by atoms with Crippen molar-refractivity contribution in [2.45, 2.75) is 0 Å². The maximum atomic E-state index is 5.18. The van der Waals surface area contributed by atoms with Crippen LogP contribution in [0.15, 0.2) is 60.1 Å². The van der Waals surface area contributed by atoms with Gasteiger partial charge >= 0.3 is 0 Å². The third-order valence-corrected chi connectivity index (χ3v) is 3.79. The van der Waals surface area contributed by atoms with Gasteiger partial charge in [-0.25, -0.2) is 4.98 Å². The molecule has 2 nitrogen and oxygen atoms in total. The normalized spacial score (nSPS) is 10.4. The van der Waals surface area contributed by atoms with Crippen molar-refractivity contribution in [3.8, 4) is 27.4 Å². The van der Waals surface area contributed by atoms with Crippen LogP contribution in [0.1, 0.15) is 0 Å². The number of hydrogen-bond acceptors (Lipinski definition) is 3. The molecular formula is C16H13NOS. The Bertz CT molecular complexity index is 659. The number of hydrogen-bond donors (Lipinski definition) is 0. The second-order valence-corrected chi connectivity index (χ2v) is 5.04. The molecule has 0 aliphatic carbocycles. The van der Waals surface area contributed by atoms with Crippen LogP contribution in [0.2, 0.25) is 0 Å². The van der Waals surface area contributed by atoms with Gasteiger partial charge < -0.3 is 4.74 Å². The van der Waals surface area contributed by atoms with Gasteiger partial charge in [-0.2, -0.15) is 0 Å². The predicted molar refractivity (Wildman–Crippen MR) is 79.5 cm³/mol. The molecule has 0 aliphatic heterocycles. The van der Waals surface area contributed by atoms with Crippen molar-refractivity contribution in [1.82, 2.24) is 4.98 Å². The molecule has 1 aromatic heterocycles. The summed E-state index contributed by atoms with van der Waals surface area (Å²) in [4.78, 5) is 4.35. The number of methoxy groups -OCH3 is 1. The first-order chi connectivity index (χ1) is 9.36. The van der Waals surface area contributed by atoms with Gasteiger partial charge in [0.2, 0.25) is 0 Å². The molecule has 0 aliphatic rings. The van der Waals surface area contributed by atoms with Gasteiger partial charge in [0.05, 0.1) is 7.11 Å². The van der Waals surface area contributed by atoms with Crippen molar-refractivity contribution in [2.75, 3.05) is 7.11 Å². The van der Waals surface area contributed by atoms with Gasteiger partial charge in [0.25, 0.3) is 0 Å². The fraction of sp³-hybridized carbons (Fsp3) is 0.0625. The molecule has 0 amide bonds. The lowest BCUT2D eigenvalue weighted by molar-refractivity contribution is 0.415. The fourth-order valence-electron chi connectivity index (χ4n) is 1.98. The van der Waals surface area contributed by atoms with Crippen LogP contribution in [0.3, 0.4) is 0 Å². The van der Waals surface area contributed by atoms with Crippen LogP contribution in [-0.4, -0.2) is 12.1 Å². The maximum Gasteiger partial charge on any atom is 0.123 e. The summed E-state index contributed by atoms with van der Waals surface area (Å²) in [5.41, 5.74) is 3.53. The monoisotopic (exact) mass is 267 g/mol. The summed E-state index contributed by atoms with van der Waals surface area (Å²) in [6.07, 6.45) is 1.83. The highest BCUT2D eigenvalue weighted by atomic mass is 32.1. The van der Waals surface area contributed by atoms with E-state index in [1.807, 2.05) is 23.7 Å². The van der Waals surface area contributed by atoms with Crippen LogP contribution >= 0.6 is 11.3 Å². The van der Waals surface area contributed by atoms with Gasteiger partial charge in [-0.1, -0.05) is 30.3 Å². The first-order valence-corrected chi connectivity index (χ1v) is 6.89. The number of nitrogens with zero attached hydrogens (tertiary/aromatic N) is 1. The number of rotatable bonds is 3. The summed E-state index contributed by atoms with van der Waals surface area (Å²) in [5.74, 6) is 0.875. The van der Waals surface area contributed by atoms with E-state index in [0.717, 1.165) is 16.3 Å². The van der Waals surface area contributed by atoms with Crippen molar-refractivity contribution in [3.05, 3.63) is 60.1 Å². The van der Waals surface area contributed by atoms with E-state index in [1.54, 1.807) is 18.4 Å². The van der Waals surface area contributed by atoms with E-state index in [9.17, 15) is 0 Å². The Balaban J connectivity index is 1.98. The summed E-state index contributed by atoms with van der Waals surface area (Å²) < 4.78 is 5.18. The van der Waals surface area contributed by atoms with E-state index in [4.69, 9.17) is 4.74 Å². The highest BCUT2D eigenvalue weighted by Gasteiger charge is 2.03. The number of aromatic nitrogens is 1. The molecule has 0 N–H and O–H groups in total. The maximum absolute atomic E-state index is 5.18. The van der Waals surface area contributed by atoms with Crippen molar-refractivity contribution < 1.29 is 4.74 Å². The van der Waals surface area contributed by atoms with Crippen LogP contribution in [-0.2, 0) is 0 Å². The SMILES string of the molecule is COc1ccc(-c2cccc(-c3nccs3)c2)cc1. The van der Waals surface area contributed by atoms with Crippen LogP contribution in [0, 0.1) is 0 Å². The Morgan fingerprint density at radius 2 is 1.74 bits per heavy atom. The van der Waals surface area contributed by atoms with E-state index >= 15 is 0 Å². The molecule has 0 bridgehead atoms. The van der Waals surface area contributed by atoms with Crippen LogP contribution in [0.25, 0.3) is 21.7 Å². The van der Waals surface area contributed by atoms with E-state index < -0.39 is 0 Å². The molecule has 94 valence electrons. The second kappa shape index (κ2) is 5.24. The van der Waals surface area contributed by atoms with Crippen molar-refractivity contribution in [1.29, 1.82) is 0 Å². The summed E-state index contributed by atoms with van der Waals surface area (Å²) in [7, 11) is 1.68. The number of benzene rings is 2. The predicted octanol–water partition coefficient (Wildman–Crippen LogP) is 4.49. The zero-order valence-electron chi connectivity index (χ0n) is 10.5. The minimum absolute atomic E-state index is 0.875. The van der Waals surface area contributed by atoms with E-state index in [2.05, 4.69) is 41.4 Å².